The molecule has 0 spiro atoms. The van der Waals surface area contributed by atoms with Gasteiger partial charge in [-0.25, -0.2) is 4.57 Å². The molecule has 3 unspecified atom stereocenters. The van der Waals surface area contributed by atoms with Crippen LogP contribution < -0.4 is 5.32 Å². The Morgan fingerprint density at radius 2 is 0.784 bits per heavy atom. The molecule has 0 aliphatic rings. The molecule has 0 aliphatic carbocycles. The van der Waals surface area contributed by atoms with Crippen molar-refractivity contribution in [2.24, 2.45) is 0 Å². The maximum absolute atomic E-state index is 13.0. The van der Waals surface area contributed by atoms with Gasteiger partial charge in [0.25, 0.3) is 0 Å². The molecule has 3 atom stereocenters. The van der Waals surface area contributed by atoms with Gasteiger partial charge in [0, 0.05) is 6.42 Å². The van der Waals surface area contributed by atoms with Gasteiger partial charge in [-0.15, -0.1) is 0 Å². The van der Waals surface area contributed by atoms with Crippen molar-refractivity contribution in [1.82, 2.24) is 5.32 Å². The van der Waals surface area contributed by atoms with Gasteiger partial charge in [0.1, 0.15) is 13.2 Å². The molecule has 0 aromatic heterocycles. The van der Waals surface area contributed by atoms with Crippen LogP contribution in [-0.2, 0) is 18.4 Å². The summed E-state index contributed by atoms with van der Waals surface area (Å²) in [6.07, 6.45) is 76.4. The summed E-state index contributed by atoms with van der Waals surface area (Å²) in [4.78, 5) is 23.3. The smallest absolute Gasteiger partial charge is 0.387 e. The molecule has 0 saturated carbocycles. The predicted molar refractivity (Wildman–Crippen MR) is 323 cm³/mol. The number of carbonyl (C=O) groups is 1. The van der Waals surface area contributed by atoms with E-state index in [1.54, 1.807) is 6.08 Å². The summed E-state index contributed by atoms with van der Waals surface area (Å²) in [6, 6.07) is -0.870. The normalized spacial score (nSPS) is 14.2. The molecule has 0 bridgehead atoms. The van der Waals surface area contributed by atoms with Crippen LogP contribution in [0.1, 0.15) is 296 Å². The third kappa shape index (κ3) is 57.9. The van der Waals surface area contributed by atoms with Gasteiger partial charge in [0.2, 0.25) is 5.91 Å². The summed E-state index contributed by atoms with van der Waals surface area (Å²) in [7, 11) is 1.55. The Morgan fingerprint density at radius 1 is 0.459 bits per heavy atom. The maximum Gasteiger partial charge on any atom is 0.472 e. The fourth-order valence-corrected chi connectivity index (χ4v) is 9.96. The summed E-state index contributed by atoms with van der Waals surface area (Å²) in [6.45, 7) is 4.79. The van der Waals surface area contributed by atoms with Gasteiger partial charge in [-0.3, -0.25) is 13.8 Å². The highest BCUT2D eigenvalue weighted by atomic mass is 31.2. The lowest BCUT2D eigenvalue weighted by molar-refractivity contribution is -0.870. The van der Waals surface area contributed by atoms with Crippen molar-refractivity contribution in [3.8, 4) is 0 Å². The van der Waals surface area contributed by atoms with Gasteiger partial charge in [-0.1, -0.05) is 274 Å². The number of allylic oxidation sites excluding steroid dienone is 9. The van der Waals surface area contributed by atoms with Crippen molar-refractivity contribution in [1.29, 1.82) is 0 Å². The van der Waals surface area contributed by atoms with Crippen LogP contribution >= 0.6 is 7.82 Å². The molecule has 434 valence electrons. The van der Waals surface area contributed by atoms with Crippen molar-refractivity contribution < 1.29 is 32.9 Å². The highest BCUT2D eigenvalue weighted by Gasteiger charge is 2.27. The van der Waals surface area contributed by atoms with E-state index in [9.17, 15) is 19.4 Å². The zero-order chi connectivity index (χ0) is 54.2. The van der Waals surface area contributed by atoms with Crippen LogP contribution in [0.3, 0.4) is 0 Å². The van der Waals surface area contributed by atoms with E-state index >= 15 is 0 Å². The molecule has 1 amide bonds. The van der Waals surface area contributed by atoms with Crippen LogP contribution in [0.4, 0.5) is 0 Å². The topological polar surface area (TPSA) is 105 Å². The fraction of sp³-hybridized carbons (Fsp3) is 0.831. The van der Waals surface area contributed by atoms with Crippen LogP contribution in [0.2, 0.25) is 0 Å². The van der Waals surface area contributed by atoms with Gasteiger partial charge in [-0.2, -0.15) is 0 Å². The lowest BCUT2D eigenvalue weighted by Crippen LogP contribution is -2.45. The first-order valence-electron chi connectivity index (χ1n) is 31.7. The number of carbonyl (C=O) groups excluding carboxylic acids is 1. The minimum absolute atomic E-state index is 0.0536. The van der Waals surface area contributed by atoms with E-state index in [1.807, 2.05) is 27.2 Å². The number of aliphatic hydroxyl groups is 1. The van der Waals surface area contributed by atoms with Crippen molar-refractivity contribution >= 4 is 13.7 Å². The molecule has 0 heterocycles. The maximum atomic E-state index is 13.0. The molecular formula is C65H124N2O6P+. The van der Waals surface area contributed by atoms with Crippen LogP contribution in [0.5, 0.6) is 0 Å². The molecule has 0 aromatic carbocycles. The summed E-state index contributed by atoms with van der Waals surface area (Å²) in [5.41, 5.74) is 0. The summed E-state index contributed by atoms with van der Waals surface area (Å²) in [5.74, 6) is -0.187. The number of nitrogens with one attached hydrogen (secondary N) is 1. The van der Waals surface area contributed by atoms with Crippen molar-refractivity contribution in [2.45, 2.75) is 309 Å². The van der Waals surface area contributed by atoms with Crippen LogP contribution in [0.25, 0.3) is 0 Å². The number of hydrogen-bond acceptors (Lipinski definition) is 5. The molecule has 3 N–H and O–H groups in total. The SMILES string of the molecule is CCCCCCC/C=C\C/C=C\CCCCCCCCCCCCCCCCCCCCCCCCCC(=O)NC(COP(=O)(O)OCC[N+](C)(C)C)C(O)/C=C/CC/C=C/CC/C=C/CCCCCCCCC. The highest BCUT2D eigenvalue weighted by Crippen LogP contribution is 2.43. The van der Waals surface area contributed by atoms with E-state index in [0.29, 0.717) is 17.4 Å². The number of phosphoric acid groups is 1. The Balaban J connectivity index is 4.03. The molecule has 0 radical (unpaired) electrons. The minimum Gasteiger partial charge on any atom is -0.387 e. The number of nitrogens with zero attached hydrogens (tertiary/aromatic N) is 1. The van der Waals surface area contributed by atoms with E-state index in [1.165, 1.54) is 225 Å². The Kier molecular flexibility index (Phi) is 54.6. The summed E-state index contributed by atoms with van der Waals surface area (Å²) in [5, 5.41) is 13.9. The largest absolute Gasteiger partial charge is 0.472 e. The zero-order valence-electron chi connectivity index (χ0n) is 49.6. The number of likely N-dealkylation sites (N-methyl/N-ethyl adjacent to an activating group) is 1. The van der Waals surface area contributed by atoms with Crippen LogP contribution in [-0.4, -0.2) is 73.4 Å². The molecule has 0 aliphatic heterocycles. The average molecular weight is 1060 g/mol. The summed E-state index contributed by atoms with van der Waals surface area (Å²) >= 11 is 0. The van der Waals surface area contributed by atoms with E-state index < -0.39 is 20.0 Å². The monoisotopic (exact) mass is 1060 g/mol. The van der Waals surface area contributed by atoms with Gasteiger partial charge in [0.05, 0.1) is 39.9 Å². The lowest BCUT2D eigenvalue weighted by atomic mass is 10.0. The van der Waals surface area contributed by atoms with Gasteiger partial charge in [-0.05, 0) is 77.0 Å². The highest BCUT2D eigenvalue weighted by molar-refractivity contribution is 7.47. The number of quaternary nitrogens is 1. The second-order valence-corrected chi connectivity index (χ2v) is 24.2. The Labute approximate surface area is 460 Å². The second-order valence-electron chi connectivity index (χ2n) is 22.8. The number of rotatable bonds is 58. The van der Waals surface area contributed by atoms with Crippen molar-refractivity contribution in [2.75, 3.05) is 40.9 Å². The van der Waals surface area contributed by atoms with E-state index in [0.717, 1.165) is 51.4 Å². The second kappa shape index (κ2) is 55.9. The number of aliphatic hydroxyl groups excluding tert-OH is 1. The summed E-state index contributed by atoms with van der Waals surface area (Å²) < 4.78 is 23.7. The van der Waals surface area contributed by atoms with Crippen LogP contribution in [0, 0.1) is 0 Å². The Bertz CT molecular complexity index is 1390. The average Bonchev–Trinajstić information content (AvgIpc) is 3.36. The number of amides is 1. The van der Waals surface area contributed by atoms with Crippen molar-refractivity contribution in [3.05, 3.63) is 60.8 Å². The van der Waals surface area contributed by atoms with E-state index in [-0.39, 0.29) is 19.1 Å². The zero-order valence-corrected chi connectivity index (χ0v) is 50.5. The Morgan fingerprint density at radius 3 is 1.16 bits per heavy atom. The first-order chi connectivity index (χ1) is 36.0. The minimum atomic E-state index is -4.36. The molecule has 8 nitrogen and oxygen atoms in total. The fourth-order valence-electron chi connectivity index (χ4n) is 9.22. The third-order valence-electron chi connectivity index (χ3n) is 14.2. The quantitative estimate of drug-likeness (QED) is 0.0243. The van der Waals surface area contributed by atoms with Crippen molar-refractivity contribution in [3.63, 3.8) is 0 Å². The standard InChI is InChI=1S/C65H123N2O6P/c1-6-8-10-12-14-16-18-20-22-24-25-26-27-28-29-30-31-32-33-34-35-36-37-38-39-40-41-43-45-47-49-51-53-55-57-59-65(69)66-63(62-73-74(70,71)72-61-60-67(3,4)5)64(68)58-56-54-52-50-48-46-44-42-23-21-19-17-15-13-11-9-7-2/h18,20,23-25,42,48,50,56,58,63-64,68H,6-17,19,21-22,26-41,43-47,49,51-55,57,59-62H2,1-5H3,(H-,66,69,70,71)/p+1/b20-18-,25-24-,42-23+,50-48+,58-56+. The number of hydrogen-bond donors (Lipinski definition) is 3. The van der Waals surface area contributed by atoms with Gasteiger partial charge < -0.3 is 19.8 Å². The lowest BCUT2D eigenvalue weighted by Gasteiger charge is -2.25. The molecule has 9 heteroatoms. The first-order valence-corrected chi connectivity index (χ1v) is 33.2. The number of phosphoric ester groups is 1. The molecular weight excluding hydrogens is 936 g/mol. The molecule has 74 heavy (non-hydrogen) atoms. The molecule has 0 aromatic rings. The Hall–Kier alpha value is -1.80. The predicted octanol–water partition coefficient (Wildman–Crippen LogP) is 19.7. The van der Waals surface area contributed by atoms with E-state index in [4.69, 9.17) is 9.05 Å². The van der Waals surface area contributed by atoms with Gasteiger partial charge in [0.15, 0.2) is 0 Å². The van der Waals surface area contributed by atoms with Gasteiger partial charge >= 0.3 is 7.82 Å². The molecule has 0 rings (SSSR count). The molecule has 0 fully saturated rings. The van der Waals surface area contributed by atoms with E-state index in [2.05, 4.69) is 67.8 Å². The third-order valence-corrected chi connectivity index (χ3v) is 15.2. The van der Waals surface area contributed by atoms with Crippen LogP contribution in [0.15, 0.2) is 60.8 Å². The molecule has 0 saturated heterocycles. The number of unbranched alkanes of at least 4 members (excludes halogenated alkanes) is 37. The first kappa shape index (κ1) is 72.2.